The van der Waals surface area contributed by atoms with Crippen LogP contribution in [0.2, 0.25) is 0 Å². The monoisotopic (exact) mass is 162 g/mol. The molecule has 0 fully saturated rings. The van der Waals surface area contributed by atoms with Gasteiger partial charge in [0.05, 0.1) is 0 Å². The summed E-state index contributed by atoms with van der Waals surface area (Å²) < 4.78 is 0. The third kappa shape index (κ3) is 1.27. The van der Waals surface area contributed by atoms with Crippen molar-refractivity contribution < 1.29 is 0 Å². The largest absolute Gasteiger partial charge is 0.385 e. The highest BCUT2D eigenvalue weighted by Crippen LogP contribution is 2.13. The van der Waals surface area contributed by atoms with Gasteiger partial charge in [-0.1, -0.05) is 0 Å². The van der Waals surface area contributed by atoms with Gasteiger partial charge in [-0.15, -0.1) is 0 Å². The van der Waals surface area contributed by atoms with E-state index in [0.717, 1.165) is 11.6 Å². The average molecular weight is 162 g/mol. The van der Waals surface area contributed by atoms with Crippen molar-refractivity contribution >= 4 is 17.5 Å². The number of nitrogens with two attached hydrogens (primary N) is 1. The molecule has 2 rings (SSSR count). The zero-order valence-electron chi connectivity index (χ0n) is 6.46. The Morgan fingerprint density at radius 2 is 2.08 bits per heavy atom. The van der Waals surface area contributed by atoms with Gasteiger partial charge in [-0.3, -0.25) is 0 Å². The molecule has 62 valence electrons. The van der Waals surface area contributed by atoms with Gasteiger partial charge in [0.15, 0.2) is 0 Å². The summed E-state index contributed by atoms with van der Waals surface area (Å²) in [6, 6.07) is 7.56. The van der Waals surface area contributed by atoms with E-state index in [9.17, 15) is 0 Å². The fourth-order valence-electron chi connectivity index (χ4n) is 1.04. The molecule has 4 heteroatoms. The van der Waals surface area contributed by atoms with Crippen LogP contribution in [0.5, 0.6) is 0 Å². The number of H-pyrrole nitrogens is 2. The molecule has 0 unspecified atom stereocenters. The molecule has 0 bridgehead atoms. The smallest absolute Gasteiger partial charge is 0.110 e. The van der Waals surface area contributed by atoms with E-state index in [4.69, 9.17) is 5.73 Å². The van der Waals surface area contributed by atoms with Gasteiger partial charge < -0.3 is 21.0 Å². The van der Waals surface area contributed by atoms with E-state index in [0.29, 0.717) is 5.82 Å². The van der Waals surface area contributed by atoms with Crippen molar-refractivity contribution in [2.24, 2.45) is 0 Å². The highest BCUT2D eigenvalue weighted by atomic mass is 15.1. The maximum Gasteiger partial charge on any atom is 0.110 e. The highest BCUT2D eigenvalue weighted by molar-refractivity contribution is 5.55. The zero-order chi connectivity index (χ0) is 8.39. The molecule has 0 amide bonds. The van der Waals surface area contributed by atoms with Crippen molar-refractivity contribution in [1.82, 2.24) is 9.97 Å². The second-order valence-corrected chi connectivity index (χ2v) is 2.54. The first-order chi connectivity index (χ1) is 5.84. The van der Waals surface area contributed by atoms with Crippen LogP contribution in [0.15, 0.2) is 30.5 Å². The maximum atomic E-state index is 5.50. The van der Waals surface area contributed by atoms with Crippen LogP contribution in [0.1, 0.15) is 0 Å². The SMILES string of the molecule is Nc1ccc(Nc2ccc[nH]2)[nH]1. The topological polar surface area (TPSA) is 69.6 Å². The van der Waals surface area contributed by atoms with Gasteiger partial charge in [0, 0.05) is 6.20 Å². The molecule has 0 aliphatic rings. The van der Waals surface area contributed by atoms with E-state index in [1.165, 1.54) is 0 Å². The lowest BCUT2D eigenvalue weighted by Crippen LogP contribution is -1.90. The first-order valence-corrected chi connectivity index (χ1v) is 3.69. The molecule has 0 radical (unpaired) electrons. The molecule has 0 saturated carbocycles. The van der Waals surface area contributed by atoms with E-state index >= 15 is 0 Å². The summed E-state index contributed by atoms with van der Waals surface area (Å²) in [5.41, 5.74) is 5.50. The number of aromatic amines is 2. The van der Waals surface area contributed by atoms with Gasteiger partial charge in [0.2, 0.25) is 0 Å². The minimum absolute atomic E-state index is 0.657. The quantitative estimate of drug-likeness (QED) is 0.542. The fraction of sp³-hybridized carbons (Fsp3) is 0. The summed E-state index contributed by atoms with van der Waals surface area (Å²) in [4.78, 5) is 5.98. The van der Waals surface area contributed by atoms with E-state index in [-0.39, 0.29) is 0 Å². The molecule has 2 heterocycles. The van der Waals surface area contributed by atoms with E-state index in [1.807, 2.05) is 30.5 Å². The molecular weight excluding hydrogens is 152 g/mol. The van der Waals surface area contributed by atoms with Crippen molar-refractivity contribution in [3.8, 4) is 0 Å². The molecule has 0 saturated heterocycles. The number of aromatic nitrogens is 2. The Morgan fingerprint density at radius 3 is 2.67 bits per heavy atom. The Hall–Kier alpha value is -1.84. The predicted molar refractivity (Wildman–Crippen MR) is 49.3 cm³/mol. The molecule has 4 nitrogen and oxygen atoms in total. The van der Waals surface area contributed by atoms with Crippen molar-refractivity contribution in [2.45, 2.75) is 0 Å². The second kappa shape index (κ2) is 2.65. The van der Waals surface area contributed by atoms with Gasteiger partial charge in [0.1, 0.15) is 17.5 Å². The van der Waals surface area contributed by atoms with Gasteiger partial charge in [0.25, 0.3) is 0 Å². The second-order valence-electron chi connectivity index (χ2n) is 2.54. The zero-order valence-corrected chi connectivity index (χ0v) is 6.46. The van der Waals surface area contributed by atoms with Crippen LogP contribution in [-0.4, -0.2) is 9.97 Å². The Bertz CT molecular complexity index is 347. The van der Waals surface area contributed by atoms with Crippen molar-refractivity contribution in [3.05, 3.63) is 30.5 Å². The molecule has 2 aromatic heterocycles. The Morgan fingerprint density at radius 1 is 1.17 bits per heavy atom. The van der Waals surface area contributed by atoms with E-state index in [1.54, 1.807) is 0 Å². The lowest BCUT2D eigenvalue weighted by atomic mass is 10.5. The molecule has 0 spiro atoms. The van der Waals surface area contributed by atoms with Gasteiger partial charge in [-0.05, 0) is 24.3 Å². The highest BCUT2D eigenvalue weighted by Gasteiger charge is 1.95. The Labute approximate surface area is 69.8 Å². The predicted octanol–water partition coefficient (Wildman–Crippen LogP) is 1.67. The van der Waals surface area contributed by atoms with E-state index < -0.39 is 0 Å². The first kappa shape index (κ1) is 6.84. The number of nitrogen functional groups attached to an aromatic ring is 1. The van der Waals surface area contributed by atoms with Gasteiger partial charge >= 0.3 is 0 Å². The Kier molecular flexibility index (Phi) is 1.51. The number of hydrogen-bond acceptors (Lipinski definition) is 2. The molecule has 12 heavy (non-hydrogen) atoms. The lowest BCUT2D eigenvalue weighted by molar-refractivity contribution is 1.32. The normalized spacial score (nSPS) is 10.0. The Balaban J connectivity index is 2.14. The fourth-order valence-corrected chi connectivity index (χ4v) is 1.04. The molecule has 5 N–H and O–H groups in total. The van der Waals surface area contributed by atoms with Crippen LogP contribution < -0.4 is 11.1 Å². The number of rotatable bonds is 2. The van der Waals surface area contributed by atoms with Crippen LogP contribution in [-0.2, 0) is 0 Å². The van der Waals surface area contributed by atoms with Crippen LogP contribution in [0.4, 0.5) is 17.5 Å². The summed E-state index contributed by atoms with van der Waals surface area (Å²) in [6.07, 6.45) is 1.86. The number of anilines is 3. The van der Waals surface area contributed by atoms with Gasteiger partial charge in [-0.2, -0.15) is 0 Å². The lowest BCUT2D eigenvalue weighted by Gasteiger charge is -1.98. The van der Waals surface area contributed by atoms with Crippen molar-refractivity contribution in [2.75, 3.05) is 11.1 Å². The van der Waals surface area contributed by atoms with Crippen LogP contribution in [0.3, 0.4) is 0 Å². The van der Waals surface area contributed by atoms with Crippen LogP contribution in [0, 0.1) is 0 Å². The number of hydrogen-bond donors (Lipinski definition) is 4. The van der Waals surface area contributed by atoms with Gasteiger partial charge in [-0.25, -0.2) is 0 Å². The molecule has 0 aromatic carbocycles. The first-order valence-electron chi connectivity index (χ1n) is 3.69. The van der Waals surface area contributed by atoms with Crippen LogP contribution in [0.25, 0.3) is 0 Å². The molecule has 0 aliphatic carbocycles. The summed E-state index contributed by atoms with van der Waals surface area (Å²) in [5, 5.41) is 3.11. The number of nitrogens with one attached hydrogen (secondary N) is 3. The molecule has 0 atom stereocenters. The van der Waals surface area contributed by atoms with Crippen LogP contribution >= 0.6 is 0 Å². The molecular formula is C8H10N4. The third-order valence-corrected chi connectivity index (χ3v) is 1.58. The maximum absolute atomic E-state index is 5.50. The average Bonchev–Trinajstić information content (AvgIpc) is 2.63. The summed E-state index contributed by atoms with van der Waals surface area (Å²) >= 11 is 0. The summed E-state index contributed by atoms with van der Waals surface area (Å²) in [5.74, 6) is 2.48. The molecule has 0 aliphatic heterocycles. The summed E-state index contributed by atoms with van der Waals surface area (Å²) in [7, 11) is 0. The minimum Gasteiger partial charge on any atom is -0.385 e. The minimum atomic E-state index is 0.657. The standard InChI is InChI=1S/C8H10N4/c9-6-3-4-8(11-6)12-7-2-1-5-10-7/h1-5,10-12H,9H2. The van der Waals surface area contributed by atoms with Crippen molar-refractivity contribution in [3.63, 3.8) is 0 Å². The summed E-state index contributed by atoms with van der Waals surface area (Å²) in [6.45, 7) is 0. The third-order valence-electron chi connectivity index (χ3n) is 1.58. The van der Waals surface area contributed by atoms with E-state index in [2.05, 4.69) is 15.3 Å². The van der Waals surface area contributed by atoms with Crippen molar-refractivity contribution in [1.29, 1.82) is 0 Å². The molecule has 2 aromatic rings.